The SMILES string of the molecule is O=C(O)C1CN(C(=O)C2CSC(Cc3ccccc3F)C(=O)N2)CCO1. The van der Waals surface area contributed by atoms with Gasteiger partial charge in [0, 0.05) is 12.3 Å². The number of thioether (sulfide) groups is 1. The molecule has 1 aromatic carbocycles. The maximum atomic E-state index is 13.8. The second-order valence-electron chi connectivity index (χ2n) is 6.16. The summed E-state index contributed by atoms with van der Waals surface area (Å²) < 4.78 is 18.9. The molecule has 7 nitrogen and oxygen atoms in total. The van der Waals surface area contributed by atoms with Gasteiger partial charge >= 0.3 is 5.97 Å². The van der Waals surface area contributed by atoms with Crippen molar-refractivity contribution in [3.05, 3.63) is 35.6 Å². The van der Waals surface area contributed by atoms with Crippen LogP contribution in [0.25, 0.3) is 0 Å². The average molecular weight is 382 g/mol. The first-order chi connectivity index (χ1) is 12.5. The third kappa shape index (κ3) is 4.16. The Balaban J connectivity index is 1.58. The van der Waals surface area contributed by atoms with Crippen LogP contribution in [0, 0.1) is 5.82 Å². The molecule has 1 aromatic rings. The van der Waals surface area contributed by atoms with Gasteiger partial charge in [-0.2, -0.15) is 0 Å². The zero-order valence-corrected chi connectivity index (χ0v) is 14.7. The van der Waals surface area contributed by atoms with E-state index < -0.39 is 23.4 Å². The number of amides is 2. The lowest BCUT2D eigenvalue weighted by molar-refractivity contribution is -0.160. The van der Waals surface area contributed by atoms with Crippen molar-refractivity contribution in [3.8, 4) is 0 Å². The first kappa shape index (κ1) is 18.7. The minimum atomic E-state index is -1.12. The van der Waals surface area contributed by atoms with Gasteiger partial charge in [-0.1, -0.05) is 18.2 Å². The maximum Gasteiger partial charge on any atom is 0.334 e. The number of carboxylic acids is 1. The van der Waals surface area contributed by atoms with Crippen molar-refractivity contribution < 1.29 is 28.6 Å². The predicted octanol–water partition coefficient (Wildman–Crippen LogP) is 0.280. The molecular formula is C17H19FN2O5S. The van der Waals surface area contributed by atoms with Gasteiger partial charge in [0.05, 0.1) is 18.4 Å². The molecule has 2 aliphatic heterocycles. The largest absolute Gasteiger partial charge is 0.479 e. The third-order valence-electron chi connectivity index (χ3n) is 4.39. The summed E-state index contributed by atoms with van der Waals surface area (Å²) >= 11 is 1.31. The Morgan fingerprint density at radius 3 is 2.85 bits per heavy atom. The summed E-state index contributed by atoms with van der Waals surface area (Å²) in [5, 5.41) is 11.2. The Morgan fingerprint density at radius 1 is 1.38 bits per heavy atom. The van der Waals surface area contributed by atoms with Gasteiger partial charge < -0.3 is 20.1 Å². The van der Waals surface area contributed by atoms with Gasteiger partial charge in [-0.15, -0.1) is 11.8 Å². The number of aliphatic carboxylic acids is 1. The summed E-state index contributed by atoms with van der Waals surface area (Å²) in [7, 11) is 0. The molecule has 0 radical (unpaired) electrons. The van der Waals surface area contributed by atoms with Crippen LogP contribution in [0.5, 0.6) is 0 Å². The van der Waals surface area contributed by atoms with Crippen molar-refractivity contribution in [2.24, 2.45) is 0 Å². The smallest absolute Gasteiger partial charge is 0.334 e. The lowest BCUT2D eigenvalue weighted by atomic mass is 10.1. The number of morpholine rings is 1. The fourth-order valence-corrected chi connectivity index (χ4v) is 4.13. The molecule has 0 aromatic heterocycles. The van der Waals surface area contributed by atoms with Crippen LogP contribution in [-0.2, 0) is 25.5 Å². The number of hydrogen-bond donors (Lipinski definition) is 2. The summed E-state index contributed by atoms with van der Waals surface area (Å²) in [4.78, 5) is 37.3. The molecule has 0 spiro atoms. The lowest BCUT2D eigenvalue weighted by Crippen LogP contribution is -2.58. The van der Waals surface area contributed by atoms with Crippen molar-refractivity contribution in [1.29, 1.82) is 0 Å². The molecule has 2 saturated heterocycles. The molecule has 2 amide bonds. The molecule has 3 rings (SSSR count). The zero-order valence-electron chi connectivity index (χ0n) is 13.9. The fraction of sp³-hybridized carbons (Fsp3) is 0.471. The van der Waals surface area contributed by atoms with E-state index in [0.717, 1.165) is 0 Å². The molecule has 2 aliphatic rings. The quantitative estimate of drug-likeness (QED) is 0.777. The first-order valence-electron chi connectivity index (χ1n) is 8.24. The summed E-state index contributed by atoms with van der Waals surface area (Å²) in [6.07, 6.45) is -0.795. The molecule has 2 N–H and O–H groups in total. The van der Waals surface area contributed by atoms with Crippen LogP contribution in [0.4, 0.5) is 4.39 Å². The van der Waals surface area contributed by atoms with Gasteiger partial charge in [0.1, 0.15) is 11.9 Å². The molecule has 0 aliphatic carbocycles. The number of hydrogen-bond acceptors (Lipinski definition) is 5. The first-order valence-corrected chi connectivity index (χ1v) is 9.29. The Bertz CT molecular complexity index is 716. The summed E-state index contributed by atoms with van der Waals surface area (Å²) in [5.41, 5.74) is 0.461. The molecule has 26 heavy (non-hydrogen) atoms. The summed E-state index contributed by atoms with van der Waals surface area (Å²) in [6, 6.07) is 5.59. The second kappa shape index (κ2) is 8.05. The summed E-state index contributed by atoms with van der Waals surface area (Å²) in [6.45, 7) is 0.397. The maximum absolute atomic E-state index is 13.8. The van der Waals surface area contributed by atoms with Crippen LogP contribution in [0.3, 0.4) is 0 Å². The average Bonchev–Trinajstić information content (AvgIpc) is 2.64. The van der Waals surface area contributed by atoms with E-state index in [1.807, 2.05) is 0 Å². The topological polar surface area (TPSA) is 95.9 Å². The molecule has 9 heteroatoms. The minimum absolute atomic E-state index is 0.0378. The van der Waals surface area contributed by atoms with Gasteiger partial charge in [0.2, 0.25) is 11.8 Å². The number of benzene rings is 1. The Hall–Kier alpha value is -2.13. The third-order valence-corrected chi connectivity index (χ3v) is 5.70. The van der Waals surface area contributed by atoms with Crippen molar-refractivity contribution in [1.82, 2.24) is 10.2 Å². The number of nitrogens with one attached hydrogen (secondary N) is 1. The van der Waals surface area contributed by atoms with E-state index in [0.29, 0.717) is 11.3 Å². The van der Waals surface area contributed by atoms with Gasteiger partial charge in [-0.05, 0) is 18.1 Å². The highest BCUT2D eigenvalue weighted by Crippen LogP contribution is 2.24. The fourth-order valence-electron chi connectivity index (χ4n) is 2.96. The van der Waals surface area contributed by atoms with E-state index in [2.05, 4.69) is 5.32 Å². The number of halogens is 1. The molecule has 140 valence electrons. The van der Waals surface area contributed by atoms with Crippen LogP contribution in [0.1, 0.15) is 5.56 Å². The van der Waals surface area contributed by atoms with Crippen molar-refractivity contribution in [2.75, 3.05) is 25.4 Å². The van der Waals surface area contributed by atoms with Gasteiger partial charge in [0.15, 0.2) is 6.10 Å². The molecule has 3 atom stereocenters. The van der Waals surface area contributed by atoms with Crippen LogP contribution in [0.2, 0.25) is 0 Å². The van der Waals surface area contributed by atoms with Crippen molar-refractivity contribution in [2.45, 2.75) is 23.8 Å². The predicted molar refractivity (Wildman–Crippen MR) is 92.2 cm³/mol. The van der Waals surface area contributed by atoms with Gasteiger partial charge in [-0.3, -0.25) is 9.59 Å². The second-order valence-corrected chi connectivity index (χ2v) is 7.40. The van der Waals surface area contributed by atoms with E-state index in [-0.39, 0.29) is 43.7 Å². The molecule has 0 saturated carbocycles. The molecule has 2 fully saturated rings. The summed E-state index contributed by atoms with van der Waals surface area (Å²) in [5.74, 6) is -1.74. The molecular weight excluding hydrogens is 363 g/mol. The van der Waals surface area contributed by atoms with Crippen LogP contribution in [0.15, 0.2) is 24.3 Å². The van der Waals surface area contributed by atoms with Crippen molar-refractivity contribution in [3.63, 3.8) is 0 Å². The zero-order chi connectivity index (χ0) is 18.7. The highest BCUT2D eigenvalue weighted by Gasteiger charge is 2.37. The Morgan fingerprint density at radius 2 is 2.15 bits per heavy atom. The van der Waals surface area contributed by atoms with E-state index in [1.54, 1.807) is 18.2 Å². The van der Waals surface area contributed by atoms with Gasteiger partial charge in [0.25, 0.3) is 0 Å². The molecule has 2 heterocycles. The molecule has 0 bridgehead atoms. The van der Waals surface area contributed by atoms with Crippen LogP contribution in [-0.4, -0.2) is 70.6 Å². The number of rotatable bonds is 4. The van der Waals surface area contributed by atoms with Crippen LogP contribution < -0.4 is 5.32 Å². The van der Waals surface area contributed by atoms with E-state index in [1.165, 1.54) is 22.7 Å². The van der Waals surface area contributed by atoms with E-state index >= 15 is 0 Å². The van der Waals surface area contributed by atoms with Gasteiger partial charge in [-0.25, -0.2) is 9.18 Å². The lowest BCUT2D eigenvalue weighted by Gasteiger charge is -2.35. The number of nitrogens with zero attached hydrogens (tertiary/aromatic N) is 1. The number of carbonyl (C=O) groups is 3. The molecule has 3 unspecified atom stereocenters. The normalized spacial score (nSPS) is 26.3. The highest BCUT2D eigenvalue weighted by molar-refractivity contribution is 8.00. The minimum Gasteiger partial charge on any atom is -0.479 e. The van der Waals surface area contributed by atoms with E-state index in [4.69, 9.17) is 9.84 Å². The highest BCUT2D eigenvalue weighted by atomic mass is 32.2. The number of carboxylic acid groups (broad SMARTS) is 1. The monoisotopic (exact) mass is 382 g/mol. The standard InChI is InChI=1S/C17H19FN2O5S/c18-11-4-2-1-3-10(11)7-14-15(21)19-12(9-26-14)16(22)20-5-6-25-13(8-20)17(23)24/h1-4,12-14H,5-9H2,(H,19,21)(H,23,24). The van der Waals surface area contributed by atoms with Crippen molar-refractivity contribution >= 4 is 29.5 Å². The van der Waals surface area contributed by atoms with Crippen LogP contribution >= 0.6 is 11.8 Å². The Labute approximate surface area is 153 Å². The number of ether oxygens (including phenoxy) is 1. The number of carbonyl (C=O) groups excluding carboxylic acids is 2. The Kier molecular flexibility index (Phi) is 5.77. The van der Waals surface area contributed by atoms with E-state index in [9.17, 15) is 18.8 Å².